The van der Waals surface area contributed by atoms with Crippen LogP contribution in [0.5, 0.6) is 0 Å². The van der Waals surface area contributed by atoms with E-state index in [4.69, 9.17) is 4.74 Å². The highest BCUT2D eigenvalue weighted by atomic mass is 127. The molecule has 0 spiro atoms. The van der Waals surface area contributed by atoms with Crippen molar-refractivity contribution in [2.24, 2.45) is 4.99 Å². The van der Waals surface area contributed by atoms with Crippen LogP contribution in [0.25, 0.3) is 0 Å². The lowest BCUT2D eigenvalue weighted by Gasteiger charge is -2.31. The Morgan fingerprint density at radius 1 is 1.53 bits per heavy atom. The summed E-state index contributed by atoms with van der Waals surface area (Å²) in [5.41, 5.74) is 0.0617. The van der Waals surface area contributed by atoms with Crippen LogP contribution in [0.4, 0.5) is 0 Å². The van der Waals surface area contributed by atoms with Gasteiger partial charge in [0.25, 0.3) is 0 Å². The van der Waals surface area contributed by atoms with Gasteiger partial charge in [0.1, 0.15) is 6.10 Å². The maximum Gasteiger partial charge on any atom is 0.246 e. The Hall–Kier alpha value is 0.550. The molecule has 1 unspecified atom stereocenters. The molecule has 1 aliphatic rings. The van der Waals surface area contributed by atoms with E-state index in [1.54, 1.807) is 11.8 Å². The third-order valence-electron chi connectivity index (χ3n) is 2.21. The fraction of sp³-hybridized carbons (Fsp3) is 0.909. The molecule has 0 saturated heterocycles. The fourth-order valence-corrected chi connectivity index (χ4v) is 2.76. The molecular formula is C11H22INOS. The lowest BCUT2D eigenvalue weighted by Crippen LogP contribution is -2.32. The lowest BCUT2D eigenvalue weighted by atomic mass is 9.98. The number of halogens is 1. The maximum absolute atomic E-state index is 5.68. The predicted molar refractivity (Wildman–Crippen MR) is 79.5 cm³/mol. The minimum Gasteiger partial charge on any atom is -0.470 e. The topological polar surface area (TPSA) is 21.6 Å². The summed E-state index contributed by atoms with van der Waals surface area (Å²) in [5.74, 6) is 1.12. The quantitative estimate of drug-likeness (QED) is 0.569. The van der Waals surface area contributed by atoms with Crippen molar-refractivity contribution in [1.82, 2.24) is 0 Å². The molecule has 0 saturated carbocycles. The van der Waals surface area contributed by atoms with Crippen LogP contribution in [0.3, 0.4) is 0 Å². The summed E-state index contributed by atoms with van der Waals surface area (Å²) in [5, 5.41) is 0.891. The Morgan fingerprint density at radius 2 is 2.20 bits per heavy atom. The summed E-state index contributed by atoms with van der Waals surface area (Å²) in [4.78, 5) is 4.59. The Morgan fingerprint density at radius 3 is 2.73 bits per heavy atom. The summed E-state index contributed by atoms with van der Waals surface area (Å²) in [7, 11) is 0. The van der Waals surface area contributed by atoms with Gasteiger partial charge < -0.3 is 4.74 Å². The molecule has 1 atom stereocenters. The van der Waals surface area contributed by atoms with Crippen LogP contribution in [-0.4, -0.2) is 22.6 Å². The van der Waals surface area contributed by atoms with Gasteiger partial charge in [0, 0.05) is 12.2 Å². The molecule has 0 aliphatic carbocycles. The fourth-order valence-electron chi connectivity index (χ4n) is 1.61. The van der Waals surface area contributed by atoms with Gasteiger partial charge in [0.2, 0.25) is 5.23 Å². The van der Waals surface area contributed by atoms with Gasteiger partial charge in [-0.3, -0.25) is 0 Å². The van der Waals surface area contributed by atoms with Crippen molar-refractivity contribution in [1.29, 1.82) is 0 Å². The van der Waals surface area contributed by atoms with Crippen LogP contribution >= 0.6 is 35.7 Å². The molecule has 0 bridgehead atoms. The zero-order valence-corrected chi connectivity index (χ0v) is 13.2. The normalized spacial score (nSPS) is 23.7. The summed E-state index contributed by atoms with van der Waals surface area (Å²) in [6.45, 7) is 8.67. The van der Waals surface area contributed by atoms with Crippen molar-refractivity contribution in [2.75, 3.05) is 5.75 Å². The first-order valence-electron chi connectivity index (χ1n) is 5.43. The molecule has 1 heterocycles. The average molecular weight is 343 g/mol. The smallest absolute Gasteiger partial charge is 0.246 e. The van der Waals surface area contributed by atoms with Crippen LogP contribution in [-0.2, 0) is 4.74 Å². The molecule has 1 rings (SSSR count). The molecule has 2 nitrogen and oxygen atoms in total. The minimum absolute atomic E-state index is 0. The number of unbranched alkanes of at least 4 members (excludes halogenated alkanes) is 1. The van der Waals surface area contributed by atoms with E-state index in [9.17, 15) is 0 Å². The zero-order chi connectivity index (χ0) is 10.6. The second-order valence-corrected chi connectivity index (χ2v) is 5.57. The van der Waals surface area contributed by atoms with E-state index in [1.807, 2.05) is 0 Å². The van der Waals surface area contributed by atoms with E-state index in [1.165, 1.54) is 12.8 Å². The third kappa shape index (κ3) is 6.00. The van der Waals surface area contributed by atoms with E-state index in [0.717, 1.165) is 17.4 Å². The highest BCUT2D eigenvalue weighted by Crippen LogP contribution is 2.27. The molecule has 0 fully saturated rings. The van der Waals surface area contributed by atoms with Crippen molar-refractivity contribution in [3.63, 3.8) is 0 Å². The van der Waals surface area contributed by atoms with Crippen molar-refractivity contribution >= 4 is 41.0 Å². The molecule has 4 heteroatoms. The van der Waals surface area contributed by atoms with Crippen molar-refractivity contribution in [2.45, 2.75) is 58.6 Å². The number of rotatable bonds is 3. The highest BCUT2D eigenvalue weighted by molar-refractivity contribution is 14.0. The van der Waals surface area contributed by atoms with E-state index >= 15 is 0 Å². The number of aliphatic imine (C=N–C) groups is 1. The number of nitrogens with zero attached hydrogens (tertiary/aromatic N) is 1. The van der Waals surface area contributed by atoms with Gasteiger partial charge in [-0.05, 0) is 27.2 Å². The van der Waals surface area contributed by atoms with Gasteiger partial charge in [0.05, 0.1) is 5.54 Å². The Kier molecular flexibility index (Phi) is 7.25. The van der Waals surface area contributed by atoms with Crippen LogP contribution in [0, 0.1) is 0 Å². The van der Waals surface area contributed by atoms with Crippen LogP contribution in [0.2, 0.25) is 0 Å². The van der Waals surface area contributed by atoms with Gasteiger partial charge in [-0.15, -0.1) is 24.0 Å². The van der Waals surface area contributed by atoms with Crippen LogP contribution < -0.4 is 0 Å². The standard InChI is InChI=1S/C11H21NOS.HI/c1-5-6-7-14-10-12-11(3,4)8-9(2)13-10;/h9H,5-8H2,1-4H3;1H. The van der Waals surface area contributed by atoms with Crippen molar-refractivity contribution < 1.29 is 4.74 Å². The van der Waals surface area contributed by atoms with Crippen molar-refractivity contribution in [3.05, 3.63) is 0 Å². The molecule has 0 amide bonds. The molecule has 0 aromatic carbocycles. The van der Waals surface area contributed by atoms with Gasteiger partial charge in [-0.2, -0.15) is 0 Å². The van der Waals surface area contributed by atoms with Gasteiger partial charge >= 0.3 is 0 Å². The van der Waals surface area contributed by atoms with Crippen LogP contribution in [0.15, 0.2) is 4.99 Å². The molecule has 0 aromatic rings. The highest BCUT2D eigenvalue weighted by Gasteiger charge is 2.27. The lowest BCUT2D eigenvalue weighted by molar-refractivity contribution is 0.152. The summed E-state index contributed by atoms with van der Waals surface area (Å²) >= 11 is 1.76. The first-order valence-corrected chi connectivity index (χ1v) is 6.41. The van der Waals surface area contributed by atoms with E-state index in [-0.39, 0.29) is 29.5 Å². The minimum atomic E-state index is 0. The van der Waals surface area contributed by atoms with Crippen molar-refractivity contribution in [3.8, 4) is 0 Å². The molecule has 0 aromatic heterocycles. The van der Waals surface area contributed by atoms with Gasteiger partial charge in [0.15, 0.2) is 0 Å². The SMILES string of the molecule is CCCCSC1=NC(C)(C)CC(C)O1.I. The predicted octanol–water partition coefficient (Wildman–Crippen LogP) is 4.08. The van der Waals surface area contributed by atoms with Crippen LogP contribution in [0.1, 0.15) is 47.0 Å². The zero-order valence-electron chi connectivity index (χ0n) is 10.1. The molecule has 1 aliphatic heterocycles. The summed E-state index contributed by atoms with van der Waals surface area (Å²) in [6.07, 6.45) is 3.80. The van der Waals surface area contributed by atoms with E-state index < -0.39 is 0 Å². The monoisotopic (exact) mass is 343 g/mol. The first kappa shape index (κ1) is 15.6. The second kappa shape index (κ2) is 6.99. The summed E-state index contributed by atoms with van der Waals surface area (Å²) < 4.78 is 5.68. The number of ether oxygens (including phenoxy) is 1. The molecule has 0 radical (unpaired) electrons. The largest absolute Gasteiger partial charge is 0.470 e. The van der Waals surface area contributed by atoms with Gasteiger partial charge in [-0.1, -0.05) is 25.1 Å². The third-order valence-corrected chi connectivity index (χ3v) is 3.13. The molecule has 15 heavy (non-hydrogen) atoms. The molecule has 90 valence electrons. The Balaban J connectivity index is 0.00000196. The Labute approximate surface area is 115 Å². The van der Waals surface area contributed by atoms with Gasteiger partial charge in [-0.25, -0.2) is 4.99 Å². The molecule has 0 N–H and O–H groups in total. The summed E-state index contributed by atoms with van der Waals surface area (Å²) in [6, 6.07) is 0. The first-order chi connectivity index (χ1) is 6.53. The Bertz CT molecular complexity index is 219. The number of thioether (sulfide) groups is 1. The number of hydrogen-bond acceptors (Lipinski definition) is 3. The van der Waals surface area contributed by atoms with E-state index in [0.29, 0.717) is 6.10 Å². The molecular weight excluding hydrogens is 321 g/mol. The number of hydrogen-bond donors (Lipinski definition) is 0. The average Bonchev–Trinajstić information content (AvgIpc) is 2.00. The van der Waals surface area contributed by atoms with E-state index in [2.05, 4.69) is 32.7 Å². The maximum atomic E-state index is 5.68. The second-order valence-electron chi connectivity index (χ2n) is 4.52.